The van der Waals surface area contributed by atoms with Gasteiger partial charge < -0.3 is 9.47 Å². The summed E-state index contributed by atoms with van der Waals surface area (Å²) in [6, 6.07) is 6.92. The van der Waals surface area contributed by atoms with E-state index in [0.717, 1.165) is 11.8 Å². The van der Waals surface area contributed by atoms with Crippen LogP contribution in [-0.4, -0.2) is 12.9 Å². The van der Waals surface area contributed by atoms with Crippen LogP contribution in [0.25, 0.3) is 0 Å². The molecule has 0 aliphatic heterocycles. The Balaban J connectivity index is 2.32. The molecule has 0 aliphatic carbocycles. The molecule has 0 radical (unpaired) electrons. The fourth-order valence-electron chi connectivity index (χ4n) is 1.87. The van der Waals surface area contributed by atoms with Crippen LogP contribution < -0.4 is 9.47 Å². The van der Waals surface area contributed by atoms with Crippen molar-refractivity contribution in [2.75, 3.05) is 6.61 Å². The van der Waals surface area contributed by atoms with Gasteiger partial charge in [0.2, 0.25) is 0 Å². The van der Waals surface area contributed by atoms with E-state index < -0.39 is 0 Å². The molecule has 0 bridgehead atoms. The van der Waals surface area contributed by atoms with Gasteiger partial charge in [-0.2, -0.15) is 0 Å². The Morgan fingerprint density at radius 2 is 1.83 bits per heavy atom. The third kappa shape index (κ3) is 4.41. The highest BCUT2D eigenvalue weighted by molar-refractivity contribution is 9.13. The number of hydrogen-bond donors (Lipinski definition) is 0. The summed E-state index contributed by atoms with van der Waals surface area (Å²) >= 11 is 18.7. The fraction of sp³-hybridized carbons (Fsp3) is 0.188. The molecule has 2 aromatic carbocycles. The van der Waals surface area contributed by atoms with E-state index in [2.05, 4.69) is 31.9 Å². The molecule has 0 atom stereocenters. The van der Waals surface area contributed by atoms with E-state index in [-0.39, 0.29) is 6.61 Å². The summed E-state index contributed by atoms with van der Waals surface area (Å²) in [6.45, 7) is 2.59. The second-order valence-corrected chi connectivity index (χ2v) is 6.91. The van der Waals surface area contributed by atoms with E-state index in [1.807, 2.05) is 13.0 Å². The van der Waals surface area contributed by atoms with Gasteiger partial charge in [-0.05, 0) is 62.5 Å². The minimum atomic E-state index is 0.280. The first-order valence-corrected chi connectivity index (χ1v) is 8.98. The van der Waals surface area contributed by atoms with Crippen molar-refractivity contribution in [3.63, 3.8) is 0 Å². The molecule has 23 heavy (non-hydrogen) atoms. The molecule has 7 heteroatoms. The fourth-order valence-corrected chi connectivity index (χ4v) is 3.12. The van der Waals surface area contributed by atoms with Crippen LogP contribution in [-0.2, 0) is 6.61 Å². The number of aldehydes is 1. The van der Waals surface area contributed by atoms with E-state index >= 15 is 0 Å². The smallest absolute Gasteiger partial charge is 0.177 e. The third-order valence-electron chi connectivity index (χ3n) is 2.95. The lowest BCUT2D eigenvalue weighted by atomic mass is 10.2. The van der Waals surface area contributed by atoms with Crippen LogP contribution in [0.1, 0.15) is 22.8 Å². The average molecular weight is 483 g/mol. The number of carbonyl (C=O) groups is 1. The Morgan fingerprint density at radius 1 is 1.09 bits per heavy atom. The normalized spacial score (nSPS) is 10.5. The first-order valence-electron chi connectivity index (χ1n) is 6.64. The van der Waals surface area contributed by atoms with E-state index in [0.29, 0.717) is 42.7 Å². The second kappa shape index (κ2) is 8.38. The predicted octanol–water partition coefficient (Wildman–Crippen LogP) is 6.31. The maximum Gasteiger partial charge on any atom is 0.177 e. The molecule has 122 valence electrons. The highest BCUT2D eigenvalue weighted by atomic mass is 79.9. The first kappa shape index (κ1) is 18.6. The average Bonchev–Trinajstić information content (AvgIpc) is 2.53. The third-order valence-corrected chi connectivity index (χ3v) is 5.83. The van der Waals surface area contributed by atoms with Gasteiger partial charge in [0.25, 0.3) is 0 Å². The Bertz CT molecular complexity index is 736. The second-order valence-electron chi connectivity index (χ2n) is 4.51. The summed E-state index contributed by atoms with van der Waals surface area (Å²) in [5.74, 6) is 1.00. The Kier molecular flexibility index (Phi) is 6.77. The van der Waals surface area contributed by atoms with Crippen molar-refractivity contribution in [2.24, 2.45) is 0 Å². The molecular formula is C16H12Br2Cl2O3. The standard InChI is InChI=1S/C16H12Br2Cl2O3/c1-2-22-13-6-10(7-21)14(17)15(18)16(13)23-8-9-3-4-11(19)12(20)5-9/h3-7H,2,8H2,1H3. The van der Waals surface area contributed by atoms with Gasteiger partial charge in [-0.3, -0.25) is 4.79 Å². The molecule has 2 aromatic rings. The molecule has 0 amide bonds. The van der Waals surface area contributed by atoms with Crippen molar-refractivity contribution in [3.05, 3.63) is 54.4 Å². The van der Waals surface area contributed by atoms with Crippen LogP contribution >= 0.6 is 55.1 Å². The van der Waals surface area contributed by atoms with Crippen molar-refractivity contribution in [2.45, 2.75) is 13.5 Å². The maximum atomic E-state index is 11.1. The van der Waals surface area contributed by atoms with Crippen LogP contribution in [0.15, 0.2) is 33.2 Å². The topological polar surface area (TPSA) is 35.5 Å². The SMILES string of the molecule is CCOc1cc(C=O)c(Br)c(Br)c1OCc1ccc(Cl)c(Cl)c1. The summed E-state index contributed by atoms with van der Waals surface area (Å²) in [5, 5.41) is 0.957. The molecule has 0 saturated carbocycles. The largest absolute Gasteiger partial charge is 0.490 e. The zero-order valence-corrected chi connectivity index (χ0v) is 16.7. The van der Waals surface area contributed by atoms with Crippen LogP contribution in [0.3, 0.4) is 0 Å². The van der Waals surface area contributed by atoms with Crippen LogP contribution in [0.5, 0.6) is 11.5 Å². The molecule has 0 saturated heterocycles. The lowest BCUT2D eigenvalue weighted by Crippen LogP contribution is -2.02. The summed E-state index contributed by atoms with van der Waals surface area (Å²) in [5.41, 5.74) is 1.34. The van der Waals surface area contributed by atoms with Gasteiger partial charge in [0.1, 0.15) is 6.61 Å². The van der Waals surface area contributed by atoms with Gasteiger partial charge >= 0.3 is 0 Å². The number of ether oxygens (including phenoxy) is 2. The molecule has 0 fully saturated rings. The Morgan fingerprint density at radius 3 is 2.43 bits per heavy atom. The van der Waals surface area contributed by atoms with Gasteiger partial charge in [-0.1, -0.05) is 29.3 Å². The van der Waals surface area contributed by atoms with Crippen LogP contribution in [0, 0.1) is 0 Å². The number of halogens is 4. The predicted molar refractivity (Wildman–Crippen MR) is 99.2 cm³/mol. The lowest BCUT2D eigenvalue weighted by Gasteiger charge is -2.16. The molecule has 0 N–H and O–H groups in total. The molecule has 0 aliphatic rings. The van der Waals surface area contributed by atoms with Crippen LogP contribution in [0.2, 0.25) is 10.0 Å². The van der Waals surface area contributed by atoms with Gasteiger partial charge in [0.15, 0.2) is 17.8 Å². The maximum absolute atomic E-state index is 11.1. The highest BCUT2D eigenvalue weighted by Crippen LogP contribution is 2.42. The molecular weight excluding hydrogens is 471 g/mol. The summed E-state index contributed by atoms with van der Waals surface area (Å²) in [6.07, 6.45) is 0.750. The zero-order valence-electron chi connectivity index (χ0n) is 12.0. The summed E-state index contributed by atoms with van der Waals surface area (Å²) in [7, 11) is 0. The number of benzene rings is 2. The monoisotopic (exact) mass is 480 g/mol. The zero-order chi connectivity index (χ0) is 17.0. The van der Waals surface area contributed by atoms with E-state index in [1.165, 1.54) is 0 Å². The molecule has 0 heterocycles. The minimum absolute atomic E-state index is 0.280. The van der Waals surface area contributed by atoms with Crippen molar-refractivity contribution in [1.29, 1.82) is 0 Å². The molecule has 0 aromatic heterocycles. The Hall–Kier alpha value is -0.750. The van der Waals surface area contributed by atoms with E-state index in [1.54, 1.807) is 18.2 Å². The van der Waals surface area contributed by atoms with Crippen molar-refractivity contribution < 1.29 is 14.3 Å². The molecule has 2 rings (SSSR count). The van der Waals surface area contributed by atoms with Gasteiger partial charge in [0.05, 0.1) is 21.1 Å². The summed E-state index contributed by atoms with van der Waals surface area (Å²) < 4.78 is 12.7. The summed E-state index contributed by atoms with van der Waals surface area (Å²) in [4.78, 5) is 11.1. The van der Waals surface area contributed by atoms with Crippen molar-refractivity contribution in [3.8, 4) is 11.5 Å². The number of hydrogen-bond acceptors (Lipinski definition) is 3. The lowest BCUT2D eigenvalue weighted by molar-refractivity contribution is 0.112. The minimum Gasteiger partial charge on any atom is -0.490 e. The first-order chi connectivity index (χ1) is 11.0. The highest BCUT2D eigenvalue weighted by Gasteiger charge is 2.17. The Labute approximate surface area is 161 Å². The quantitative estimate of drug-likeness (QED) is 0.453. The number of carbonyl (C=O) groups excluding carboxylic acids is 1. The van der Waals surface area contributed by atoms with Crippen LogP contribution in [0.4, 0.5) is 0 Å². The molecule has 0 spiro atoms. The van der Waals surface area contributed by atoms with Crippen molar-refractivity contribution >= 4 is 61.3 Å². The van der Waals surface area contributed by atoms with E-state index in [9.17, 15) is 4.79 Å². The van der Waals surface area contributed by atoms with Gasteiger partial charge in [-0.25, -0.2) is 0 Å². The van der Waals surface area contributed by atoms with Gasteiger partial charge in [0, 0.05) is 10.0 Å². The van der Waals surface area contributed by atoms with Gasteiger partial charge in [-0.15, -0.1) is 0 Å². The molecule has 0 unspecified atom stereocenters. The molecule has 3 nitrogen and oxygen atoms in total. The van der Waals surface area contributed by atoms with Crippen molar-refractivity contribution in [1.82, 2.24) is 0 Å². The number of rotatable bonds is 6. The van der Waals surface area contributed by atoms with E-state index in [4.69, 9.17) is 32.7 Å².